The minimum atomic E-state index is -0.695. The van der Waals surface area contributed by atoms with E-state index in [4.69, 9.17) is 19.4 Å². The van der Waals surface area contributed by atoms with Crippen molar-refractivity contribution >= 4 is 34.9 Å². The highest BCUT2D eigenvalue weighted by molar-refractivity contribution is 5.88. The van der Waals surface area contributed by atoms with Gasteiger partial charge in [0.1, 0.15) is 23.7 Å². The second-order valence-electron chi connectivity index (χ2n) is 15.6. The number of rotatable bonds is 11. The van der Waals surface area contributed by atoms with Crippen LogP contribution in [0.25, 0.3) is 44.7 Å². The van der Waals surface area contributed by atoms with E-state index in [1.807, 2.05) is 70.2 Å². The third kappa shape index (κ3) is 8.25. The lowest BCUT2D eigenvalue weighted by Gasteiger charge is -2.30. The van der Waals surface area contributed by atoms with Gasteiger partial charge in [-0.15, -0.1) is 0 Å². The lowest BCUT2D eigenvalue weighted by molar-refractivity contribution is -0.136. The van der Waals surface area contributed by atoms with E-state index in [9.17, 15) is 19.2 Å². The van der Waals surface area contributed by atoms with Gasteiger partial charge >= 0.3 is 12.2 Å². The van der Waals surface area contributed by atoms with Gasteiger partial charge in [-0.25, -0.2) is 24.5 Å². The molecule has 4 atom stereocenters. The first-order valence-electron chi connectivity index (χ1n) is 19.9. The van der Waals surface area contributed by atoms with Crippen molar-refractivity contribution < 1.29 is 28.7 Å². The quantitative estimate of drug-likeness (QED) is 0.112. The Morgan fingerprint density at radius 2 is 1.16 bits per heavy atom. The number of pyridine rings is 1. The molecule has 0 spiro atoms. The van der Waals surface area contributed by atoms with Crippen molar-refractivity contribution in [3.8, 4) is 33.8 Å². The van der Waals surface area contributed by atoms with Crippen LogP contribution >= 0.6 is 0 Å². The molecule has 5 heterocycles. The molecule has 15 nitrogen and oxygen atoms in total. The molecule has 0 aliphatic carbocycles. The molecular formula is C43H51N9O6. The van der Waals surface area contributed by atoms with Gasteiger partial charge < -0.3 is 39.9 Å². The number of benzene rings is 2. The first kappa shape index (κ1) is 40.0. The average Bonchev–Trinajstić information content (AvgIpc) is 4.07. The topological polar surface area (TPSA) is 188 Å². The zero-order valence-electron chi connectivity index (χ0n) is 33.7. The van der Waals surface area contributed by atoms with Crippen molar-refractivity contribution in [3.05, 3.63) is 78.6 Å². The van der Waals surface area contributed by atoms with Crippen molar-refractivity contribution in [3.63, 3.8) is 0 Å². The normalized spacial score (nSPS) is 17.8. The minimum absolute atomic E-state index is 0.109. The second-order valence-corrected chi connectivity index (χ2v) is 15.6. The summed E-state index contributed by atoms with van der Waals surface area (Å²) in [6.45, 7) is 8.77. The Morgan fingerprint density at radius 1 is 0.672 bits per heavy atom. The summed E-state index contributed by atoms with van der Waals surface area (Å²) >= 11 is 0. The number of nitrogens with one attached hydrogen (secondary N) is 4. The molecule has 2 saturated heterocycles. The third-order valence-electron chi connectivity index (χ3n) is 11.2. The molecule has 0 saturated carbocycles. The summed E-state index contributed by atoms with van der Waals surface area (Å²) in [4.78, 5) is 75.9. The third-order valence-corrected chi connectivity index (χ3v) is 11.2. The number of hydrogen-bond acceptors (Lipinski definition) is 9. The molecule has 4 amide bonds. The number of aromatic amines is 2. The smallest absolute Gasteiger partial charge is 0.407 e. The highest BCUT2D eigenvalue weighted by Crippen LogP contribution is 2.35. The van der Waals surface area contributed by atoms with Crippen LogP contribution in [0.5, 0.6) is 0 Å². The second kappa shape index (κ2) is 17.1. The highest BCUT2D eigenvalue weighted by Gasteiger charge is 2.39. The van der Waals surface area contributed by atoms with Crippen molar-refractivity contribution in [2.45, 2.75) is 77.5 Å². The molecule has 58 heavy (non-hydrogen) atoms. The van der Waals surface area contributed by atoms with E-state index in [2.05, 4.69) is 37.7 Å². The van der Waals surface area contributed by atoms with Gasteiger partial charge in [-0.3, -0.25) is 9.59 Å². The number of carbonyl (C=O) groups is 4. The van der Waals surface area contributed by atoms with Crippen LogP contribution in [0, 0.1) is 11.8 Å². The Morgan fingerprint density at radius 3 is 1.66 bits per heavy atom. The Bertz CT molecular complexity index is 2280. The molecule has 3 aromatic heterocycles. The summed E-state index contributed by atoms with van der Waals surface area (Å²) in [6, 6.07) is 16.5. The number of ether oxygens (including phenoxy) is 2. The van der Waals surface area contributed by atoms with Crippen LogP contribution < -0.4 is 10.6 Å². The van der Waals surface area contributed by atoms with Crippen LogP contribution in [0.3, 0.4) is 0 Å². The molecule has 2 fully saturated rings. The van der Waals surface area contributed by atoms with Crippen LogP contribution in [-0.2, 0) is 19.1 Å². The summed E-state index contributed by atoms with van der Waals surface area (Å²) in [5, 5.41) is 6.37. The van der Waals surface area contributed by atoms with Crippen molar-refractivity contribution in [2.75, 3.05) is 27.3 Å². The van der Waals surface area contributed by atoms with Gasteiger partial charge in [-0.05, 0) is 61.3 Å². The molecule has 2 aromatic carbocycles. The van der Waals surface area contributed by atoms with Gasteiger partial charge in [0.05, 0.1) is 61.3 Å². The first-order chi connectivity index (χ1) is 27.9. The van der Waals surface area contributed by atoms with E-state index in [1.165, 1.54) is 14.2 Å². The molecule has 0 radical (unpaired) electrons. The number of likely N-dealkylation sites (tertiary alicyclic amines) is 2. The van der Waals surface area contributed by atoms with E-state index in [-0.39, 0.29) is 35.7 Å². The van der Waals surface area contributed by atoms with Crippen molar-refractivity contribution in [2.24, 2.45) is 11.8 Å². The molecule has 2 aliphatic rings. The predicted molar refractivity (Wildman–Crippen MR) is 218 cm³/mol. The maximum atomic E-state index is 13.6. The molecule has 15 heteroatoms. The molecular weight excluding hydrogens is 739 g/mol. The maximum absolute atomic E-state index is 13.6. The number of amides is 4. The van der Waals surface area contributed by atoms with Crippen LogP contribution in [0.4, 0.5) is 9.59 Å². The van der Waals surface area contributed by atoms with E-state index in [1.54, 1.807) is 22.2 Å². The van der Waals surface area contributed by atoms with Crippen LogP contribution in [0.15, 0.2) is 67.0 Å². The lowest BCUT2D eigenvalue weighted by atomic mass is 10.0. The number of nitrogens with zero attached hydrogens (tertiary/aromatic N) is 5. The molecule has 2 aliphatic heterocycles. The number of hydrogen-bond donors (Lipinski definition) is 4. The summed E-state index contributed by atoms with van der Waals surface area (Å²) in [5.74, 6) is 0.918. The Hall–Kier alpha value is -6.25. The first-order valence-corrected chi connectivity index (χ1v) is 19.9. The van der Waals surface area contributed by atoms with Gasteiger partial charge in [0.2, 0.25) is 11.8 Å². The lowest BCUT2D eigenvalue weighted by Crippen LogP contribution is -2.51. The summed E-state index contributed by atoms with van der Waals surface area (Å²) < 4.78 is 9.52. The number of imidazole rings is 2. The molecule has 5 aromatic rings. The number of methoxy groups -OCH3 is 2. The molecule has 7 rings (SSSR count). The fraction of sp³-hybridized carbons (Fsp3) is 0.419. The Labute approximate surface area is 337 Å². The summed E-state index contributed by atoms with van der Waals surface area (Å²) in [6.07, 6.45) is 5.57. The van der Waals surface area contributed by atoms with Gasteiger partial charge in [0.25, 0.3) is 0 Å². The van der Waals surface area contributed by atoms with Crippen LogP contribution in [-0.4, -0.2) is 98.1 Å². The largest absolute Gasteiger partial charge is 0.453 e. The number of aromatic nitrogens is 5. The number of fused-ring (bicyclic) bond motifs is 1. The minimum Gasteiger partial charge on any atom is -0.453 e. The summed E-state index contributed by atoms with van der Waals surface area (Å²) in [7, 11) is 2.58. The average molecular weight is 790 g/mol. The van der Waals surface area contributed by atoms with E-state index in [0.717, 1.165) is 70.4 Å². The molecule has 4 unspecified atom stereocenters. The Balaban J connectivity index is 1.02. The standard InChI is InChI=1S/C43H51N9O6/c1-24(2)36(49-42(55)57-5)40(53)51-19-7-9-34(51)38-44-22-32(47-38)27-13-11-26(12-14-27)30-17-15-28-21-29(16-18-31(28)46-30)33-23-45-39(48-33)35-10-8-20-52(35)41(54)37(25(3)4)50-43(56)58-6/h11-18,21-25,34-37H,7-10,19-20H2,1-6H3,(H,44,47)(H,45,48)(H,49,55)(H,50,56). The maximum Gasteiger partial charge on any atom is 0.407 e. The number of H-pyrrole nitrogens is 2. The monoisotopic (exact) mass is 789 g/mol. The number of alkyl carbamates (subject to hydrolysis) is 2. The number of carbonyl (C=O) groups excluding carboxylic acids is 4. The van der Waals surface area contributed by atoms with E-state index in [0.29, 0.717) is 24.7 Å². The van der Waals surface area contributed by atoms with Crippen LogP contribution in [0.1, 0.15) is 77.1 Å². The fourth-order valence-corrected chi connectivity index (χ4v) is 7.97. The van der Waals surface area contributed by atoms with Crippen molar-refractivity contribution in [1.29, 1.82) is 0 Å². The van der Waals surface area contributed by atoms with E-state index < -0.39 is 24.3 Å². The molecule has 0 bridgehead atoms. The Kier molecular flexibility index (Phi) is 11.8. The zero-order valence-corrected chi connectivity index (χ0v) is 33.7. The molecule has 4 N–H and O–H groups in total. The van der Waals surface area contributed by atoms with Gasteiger partial charge in [-0.2, -0.15) is 0 Å². The predicted octanol–water partition coefficient (Wildman–Crippen LogP) is 6.77. The van der Waals surface area contributed by atoms with Crippen molar-refractivity contribution in [1.82, 2.24) is 45.4 Å². The van der Waals surface area contributed by atoms with E-state index >= 15 is 0 Å². The summed E-state index contributed by atoms with van der Waals surface area (Å²) in [5.41, 5.74) is 6.26. The highest BCUT2D eigenvalue weighted by atomic mass is 16.5. The van der Waals surface area contributed by atoms with Gasteiger partial charge in [0, 0.05) is 29.6 Å². The van der Waals surface area contributed by atoms with Crippen LogP contribution in [0.2, 0.25) is 0 Å². The fourth-order valence-electron chi connectivity index (χ4n) is 7.97. The zero-order chi connectivity index (χ0) is 41.1. The SMILES string of the molecule is COC(=O)NC(C(=O)N1CCCC1c1ncc(-c2ccc(-c3ccc4cc(-c5cnc(C6CCCN6C(=O)C(NC(=O)OC)C(C)C)[nH]5)ccc4n3)cc2)[nH]1)C(C)C. The molecule has 304 valence electrons. The van der Waals surface area contributed by atoms with Gasteiger partial charge in [0.15, 0.2) is 0 Å². The van der Waals surface area contributed by atoms with Gasteiger partial charge in [-0.1, -0.05) is 64.1 Å².